The molecule has 0 aromatic carbocycles. The molecule has 0 spiro atoms. The number of rotatable bonds is 1. The van der Waals surface area contributed by atoms with Crippen LogP contribution in [0.5, 0.6) is 0 Å². The molecule has 17 heavy (non-hydrogen) atoms. The monoisotopic (exact) mass is 242 g/mol. The van der Waals surface area contributed by atoms with Crippen LogP contribution in [0.1, 0.15) is 11.3 Å². The molecular weight excluding hydrogens is 228 g/mol. The summed E-state index contributed by atoms with van der Waals surface area (Å²) in [6, 6.07) is 7.33. The molecule has 0 unspecified atom stereocenters. The van der Waals surface area contributed by atoms with Crippen LogP contribution in [0.2, 0.25) is 19.6 Å². The average molecular weight is 242 g/mol. The lowest BCUT2D eigenvalue weighted by Gasteiger charge is -1.96. The van der Waals surface area contributed by atoms with Crippen molar-refractivity contribution in [1.82, 2.24) is 4.98 Å². The van der Waals surface area contributed by atoms with E-state index >= 15 is 0 Å². The molecule has 0 aliphatic carbocycles. The van der Waals surface area contributed by atoms with Gasteiger partial charge < -0.3 is 0 Å². The van der Waals surface area contributed by atoms with Gasteiger partial charge in [-0.3, -0.25) is 0 Å². The van der Waals surface area contributed by atoms with E-state index in [9.17, 15) is 0 Å². The SMILES string of the molecule is C[Si](C)(C)C#N.N#CCc1cccnc1C#N. The first-order valence-corrected chi connectivity index (χ1v) is 8.57. The second-order valence-corrected chi connectivity index (χ2v) is 9.04. The van der Waals surface area contributed by atoms with Crippen molar-refractivity contribution in [3.05, 3.63) is 29.6 Å². The number of pyridine rings is 1. The van der Waals surface area contributed by atoms with E-state index in [2.05, 4.69) is 10.7 Å². The minimum absolute atomic E-state index is 0.247. The molecule has 0 bridgehead atoms. The number of aromatic nitrogens is 1. The smallest absolute Gasteiger partial charge is 0.164 e. The summed E-state index contributed by atoms with van der Waals surface area (Å²) in [6.07, 6.45) is 1.79. The largest absolute Gasteiger partial charge is 0.245 e. The molecule has 1 aromatic rings. The van der Waals surface area contributed by atoms with E-state index in [1.807, 2.05) is 31.8 Å². The van der Waals surface area contributed by atoms with Crippen LogP contribution in [-0.2, 0) is 6.42 Å². The first-order valence-electron chi connectivity index (χ1n) is 5.07. The number of nitriles is 3. The van der Waals surface area contributed by atoms with Gasteiger partial charge in [0.05, 0.1) is 12.5 Å². The molecule has 0 amide bonds. The molecule has 1 heterocycles. The van der Waals surface area contributed by atoms with Gasteiger partial charge in [-0.15, -0.1) is 0 Å². The van der Waals surface area contributed by atoms with Crippen LogP contribution in [0.3, 0.4) is 0 Å². The Morgan fingerprint density at radius 2 is 1.82 bits per heavy atom. The van der Waals surface area contributed by atoms with Crippen LogP contribution in [-0.4, -0.2) is 13.1 Å². The molecule has 0 saturated carbocycles. The van der Waals surface area contributed by atoms with Crippen LogP contribution in [0.4, 0.5) is 0 Å². The summed E-state index contributed by atoms with van der Waals surface area (Å²) < 4.78 is 0. The maximum absolute atomic E-state index is 8.52. The van der Waals surface area contributed by atoms with Crippen molar-refractivity contribution in [2.45, 2.75) is 26.1 Å². The third kappa shape index (κ3) is 6.84. The highest BCUT2D eigenvalue weighted by molar-refractivity contribution is 6.83. The fraction of sp³-hybridized carbons (Fsp3) is 0.333. The van der Waals surface area contributed by atoms with Gasteiger partial charge in [0.2, 0.25) is 0 Å². The van der Waals surface area contributed by atoms with Crippen molar-refractivity contribution in [3.63, 3.8) is 0 Å². The van der Waals surface area contributed by atoms with Crippen molar-refractivity contribution in [2.75, 3.05) is 0 Å². The molecule has 86 valence electrons. The normalized spacial score (nSPS) is 8.94. The minimum Gasteiger partial charge on any atom is -0.245 e. The summed E-state index contributed by atoms with van der Waals surface area (Å²) in [6.45, 7) is 6.06. The van der Waals surface area contributed by atoms with Gasteiger partial charge in [-0.1, -0.05) is 25.7 Å². The standard InChI is InChI=1S/C8H5N3.C4H9NSi/c9-4-3-7-2-1-5-11-8(7)6-10;1-6(2,3)4-5/h1-2,5H,3H2;1-3H3. The Labute approximate surface area is 103 Å². The van der Waals surface area contributed by atoms with Gasteiger partial charge in [0, 0.05) is 17.5 Å². The molecule has 0 atom stereocenters. The van der Waals surface area contributed by atoms with Crippen LogP contribution in [0.25, 0.3) is 0 Å². The molecular formula is C12H14N4Si. The van der Waals surface area contributed by atoms with Crippen molar-refractivity contribution >= 4 is 8.07 Å². The van der Waals surface area contributed by atoms with Gasteiger partial charge in [0.1, 0.15) is 11.8 Å². The summed E-state index contributed by atoms with van der Waals surface area (Å²) in [5.74, 6) is 0. The van der Waals surface area contributed by atoms with Crippen molar-refractivity contribution in [2.24, 2.45) is 0 Å². The number of nitrogens with zero attached hydrogens (tertiary/aromatic N) is 4. The molecule has 1 aromatic heterocycles. The quantitative estimate of drug-likeness (QED) is 0.708. The predicted octanol–water partition coefficient (Wildman–Crippen LogP) is 2.41. The van der Waals surface area contributed by atoms with Crippen LogP contribution in [0.15, 0.2) is 18.3 Å². The number of hydrogen-bond donors (Lipinski definition) is 0. The third-order valence-corrected chi connectivity index (χ3v) is 2.27. The van der Waals surface area contributed by atoms with E-state index in [1.165, 1.54) is 0 Å². The topological polar surface area (TPSA) is 84.3 Å². The lowest BCUT2D eigenvalue weighted by atomic mass is 10.1. The van der Waals surface area contributed by atoms with E-state index in [-0.39, 0.29) is 6.42 Å². The average Bonchev–Trinajstić information content (AvgIpc) is 2.30. The fourth-order valence-electron chi connectivity index (χ4n) is 0.767. The third-order valence-electron chi connectivity index (χ3n) is 1.60. The summed E-state index contributed by atoms with van der Waals surface area (Å²) in [7, 11) is -1.33. The van der Waals surface area contributed by atoms with Gasteiger partial charge in [0.15, 0.2) is 8.07 Å². The zero-order valence-corrected chi connectivity index (χ0v) is 11.2. The lowest BCUT2D eigenvalue weighted by molar-refractivity contribution is 1.15. The van der Waals surface area contributed by atoms with Crippen molar-refractivity contribution in [3.8, 4) is 17.8 Å². The Morgan fingerprint density at radius 3 is 2.24 bits per heavy atom. The van der Waals surface area contributed by atoms with Crippen molar-refractivity contribution in [1.29, 1.82) is 15.8 Å². The van der Waals surface area contributed by atoms with Gasteiger partial charge in [-0.05, 0) is 6.07 Å². The molecule has 5 heteroatoms. The van der Waals surface area contributed by atoms with Gasteiger partial charge in [0.25, 0.3) is 0 Å². The summed E-state index contributed by atoms with van der Waals surface area (Å²) in [5, 5.41) is 25.1. The fourth-order valence-corrected chi connectivity index (χ4v) is 0.767. The Kier molecular flexibility index (Phi) is 6.25. The van der Waals surface area contributed by atoms with E-state index in [1.54, 1.807) is 18.3 Å². The molecule has 0 radical (unpaired) electrons. The Balaban J connectivity index is 0.000000366. The van der Waals surface area contributed by atoms with E-state index in [0.29, 0.717) is 11.3 Å². The summed E-state index contributed by atoms with van der Waals surface area (Å²) in [5.41, 5.74) is 3.28. The highest BCUT2D eigenvalue weighted by Crippen LogP contribution is 2.03. The molecule has 0 aliphatic heterocycles. The summed E-state index contributed by atoms with van der Waals surface area (Å²) in [4.78, 5) is 3.80. The van der Waals surface area contributed by atoms with E-state index in [0.717, 1.165) is 0 Å². The lowest BCUT2D eigenvalue weighted by Crippen LogP contribution is -2.15. The zero-order valence-electron chi connectivity index (χ0n) is 10.2. The van der Waals surface area contributed by atoms with Crippen LogP contribution < -0.4 is 0 Å². The maximum atomic E-state index is 8.52. The maximum Gasteiger partial charge on any atom is 0.164 e. The van der Waals surface area contributed by atoms with Gasteiger partial charge in [-0.2, -0.15) is 10.5 Å². The highest BCUT2D eigenvalue weighted by atomic mass is 28.3. The molecule has 4 nitrogen and oxygen atoms in total. The van der Waals surface area contributed by atoms with Crippen LogP contribution in [0, 0.1) is 33.6 Å². The van der Waals surface area contributed by atoms with Gasteiger partial charge in [-0.25, -0.2) is 10.2 Å². The number of hydrogen-bond acceptors (Lipinski definition) is 4. The highest BCUT2D eigenvalue weighted by Gasteiger charge is 2.09. The minimum atomic E-state index is -1.33. The predicted molar refractivity (Wildman–Crippen MR) is 67.2 cm³/mol. The zero-order chi connectivity index (χ0) is 13.3. The van der Waals surface area contributed by atoms with E-state index in [4.69, 9.17) is 15.8 Å². The molecule has 1 rings (SSSR count). The molecule has 0 saturated heterocycles. The Hall–Kier alpha value is -2.16. The Morgan fingerprint density at radius 1 is 1.24 bits per heavy atom. The second kappa shape index (κ2) is 7.17. The molecule has 0 fully saturated rings. The Bertz CT molecular complexity index is 483. The molecule has 0 N–H and O–H groups in total. The van der Waals surface area contributed by atoms with Gasteiger partial charge >= 0.3 is 0 Å². The first kappa shape index (κ1) is 14.8. The van der Waals surface area contributed by atoms with E-state index < -0.39 is 8.07 Å². The second-order valence-electron chi connectivity index (χ2n) is 4.32. The van der Waals surface area contributed by atoms with Crippen molar-refractivity contribution < 1.29 is 0 Å². The summed E-state index contributed by atoms with van der Waals surface area (Å²) >= 11 is 0. The molecule has 0 aliphatic rings. The van der Waals surface area contributed by atoms with Crippen LogP contribution >= 0.6 is 0 Å². The first-order chi connectivity index (χ1) is 7.94.